The molecular formula is C16H25N3O3S. The van der Waals surface area contributed by atoms with E-state index in [9.17, 15) is 13.2 Å². The number of piperidine rings is 1. The quantitative estimate of drug-likeness (QED) is 0.781. The Hall–Kier alpha value is -1.60. The Bertz CT molecular complexity index is 628. The molecule has 2 rings (SSSR count). The number of sulfonamides is 1. The van der Waals surface area contributed by atoms with E-state index in [2.05, 4.69) is 9.62 Å². The molecule has 0 aromatic heterocycles. The van der Waals surface area contributed by atoms with E-state index in [1.54, 1.807) is 0 Å². The number of primary amides is 1. The number of rotatable bonds is 7. The van der Waals surface area contributed by atoms with E-state index in [1.807, 2.05) is 31.2 Å². The van der Waals surface area contributed by atoms with Crippen molar-refractivity contribution in [2.75, 3.05) is 23.7 Å². The minimum atomic E-state index is -3.19. The number of amides is 1. The Kier molecular flexibility index (Phi) is 6.01. The molecule has 1 aromatic rings. The van der Waals surface area contributed by atoms with Crippen molar-refractivity contribution < 1.29 is 13.2 Å². The van der Waals surface area contributed by atoms with Crippen LogP contribution in [0.5, 0.6) is 0 Å². The second-order valence-corrected chi connectivity index (χ2v) is 7.92. The average Bonchev–Trinajstić information content (AvgIpc) is 2.53. The molecular weight excluding hydrogens is 314 g/mol. The summed E-state index contributed by atoms with van der Waals surface area (Å²) in [5.41, 5.74) is 7.36. The molecule has 1 aliphatic rings. The van der Waals surface area contributed by atoms with E-state index in [4.69, 9.17) is 5.73 Å². The third kappa shape index (κ3) is 5.21. The molecule has 1 heterocycles. The Balaban J connectivity index is 1.95. The number of hydrogen-bond acceptors (Lipinski definition) is 4. The second kappa shape index (κ2) is 7.79. The van der Waals surface area contributed by atoms with Crippen LogP contribution >= 0.6 is 0 Å². The van der Waals surface area contributed by atoms with E-state index in [0.717, 1.165) is 30.6 Å². The van der Waals surface area contributed by atoms with Crippen molar-refractivity contribution >= 4 is 21.6 Å². The van der Waals surface area contributed by atoms with E-state index < -0.39 is 10.0 Å². The largest absolute Gasteiger partial charge is 0.371 e. The smallest absolute Gasteiger partial charge is 0.222 e. The van der Waals surface area contributed by atoms with Gasteiger partial charge in [-0.2, -0.15) is 0 Å². The van der Waals surface area contributed by atoms with E-state index >= 15 is 0 Å². The first kappa shape index (κ1) is 17.7. The molecule has 0 aliphatic carbocycles. The molecule has 1 atom stereocenters. The molecule has 23 heavy (non-hydrogen) atoms. The predicted molar refractivity (Wildman–Crippen MR) is 91.5 cm³/mol. The SMILES string of the molecule is CCCS(=O)(=O)NCc1ccc(N2CCCC(C(N)=O)C2)cc1. The monoisotopic (exact) mass is 339 g/mol. The standard InChI is InChI=1S/C16H25N3O3S/c1-2-10-23(21,22)18-11-13-5-7-15(8-6-13)19-9-3-4-14(12-19)16(17)20/h5-8,14,18H,2-4,9-12H2,1H3,(H2,17,20). The zero-order valence-electron chi connectivity index (χ0n) is 13.5. The third-order valence-corrected chi connectivity index (χ3v) is 5.62. The molecule has 1 amide bonds. The lowest BCUT2D eigenvalue weighted by Gasteiger charge is -2.33. The van der Waals surface area contributed by atoms with Crippen molar-refractivity contribution in [2.45, 2.75) is 32.7 Å². The van der Waals surface area contributed by atoms with Crippen LogP contribution in [0.3, 0.4) is 0 Å². The van der Waals surface area contributed by atoms with Crippen LogP contribution in [0.15, 0.2) is 24.3 Å². The van der Waals surface area contributed by atoms with Gasteiger partial charge in [0.1, 0.15) is 0 Å². The van der Waals surface area contributed by atoms with Gasteiger partial charge in [0.2, 0.25) is 15.9 Å². The zero-order chi connectivity index (χ0) is 16.9. The van der Waals surface area contributed by atoms with Gasteiger partial charge in [0.15, 0.2) is 0 Å². The third-order valence-electron chi connectivity index (χ3n) is 4.09. The van der Waals surface area contributed by atoms with Crippen molar-refractivity contribution in [3.63, 3.8) is 0 Å². The minimum Gasteiger partial charge on any atom is -0.371 e. The van der Waals surface area contributed by atoms with Crippen LogP contribution in [-0.2, 0) is 21.4 Å². The highest BCUT2D eigenvalue weighted by Gasteiger charge is 2.24. The van der Waals surface area contributed by atoms with Gasteiger partial charge in [0.25, 0.3) is 0 Å². The van der Waals surface area contributed by atoms with Crippen molar-refractivity contribution in [1.29, 1.82) is 0 Å². The summed E-state index contributed by atoms with van der Waals surface area (Å²) in [6, 6.07) is 7.76. The molecule has 1 unspecified atom stereocenters. The summed E-state index contributed by atoms with van der Waals surface area (Å²) >= 11 is 0. The summed E-state index contributed by atoms with van der Waals surface area (Å²) in [4.78, 5) is 13.5. The van der Waals surface area contributed by atoms with Gasteiger partial charge in [-0.05, 0) is 37.0 Å². The Morgan fingerprint density at radius 1 is 1.35 bits per heavy atom. The minimum absolute atomic E-state index is 0.0933. The normalized spacial score (nSPS) is 18.8. The molecule has 1 aliphatic heterocycles. The molecule has 0 bridgehead atoms. The van der Waals surface area contributed by atoms with Crippen molar-refractivity contribution in [2.24, 2.45) is 11.7 Å². The highest BCUT2D eigenvalue weighted by Crippen LogP contribution is 2.23. The van der Waals surface area contributed by atoms with Crippen LogP contribution in [0, 0.1) is 5.92 Å². The number of hydrogen-bond donors (Lipinski definition) is 2. The lowest BCUT2D eigenvalue weighted by molar-refractivity contribution is -0.122. The van der Waals surface area contributed by atoms with Crippen molar-refractivity contribution in [3.05, 3.63) is 29.8 Å². The summed E-state index contributed by atoms with van der Waals surface area (Å²) in [7, 11) is -3.19. The van der Waals surface area contributed by atoms with Gasteiger partial charge in [-0.15, -0.1) is 0 Å². The van der Waals surface area contributed by atoms with Crippen molar-refractivity contribution in [1.82, 2.24) is 4.72 Å². The molecule has 1 aromatic carbocycles. The van der Waals surface area contributed by atoms with Crippen LogP contribution in [0.4, 0.5) is 5.69 Å². The Morgan fingerprint density at radius 2 is 2.04 bits per heavy atom. The molecule has 6 nitrogen and oxygen atoms in total. The Labute approximate surface area is 138 Å². The number of nitrogens with zero attached hydrogens (tertiary/aromatic N) is 1. The maximum atomic E-state index is 11.7. The van der Waals surface area contributed by atoms with Crippen LogP contribution in [-0.4, -0.2) is 33.2 Å². The van der Waals surface area contributed by atoms with Crippen LogP contribution < -0.4 is 15.4 Å². The summed E-state index contributed by atoms with van der Waals surface area (Å²) in [6.07, 6.45) is 2.40. The number of anilines is 1. The zero-order valence-corrected chi connectivity index (χ0v) is 14.3. The number of carbonyl (C=O) groups excluding carboxylic acids is 1. The molecule has 7 heteroatoms. The van der Waals surface area contributed by atoms with Crippen LogP contribution in [0.25, 0.3) is 0 Å². The van der Waals surface area contributed by atoms with Gasteiger partial charge in [-0.1, -0.05) is 19.1 Å². The van der Waals surface area contributed by atoms with Gasteiger partial charge in [0.05, 0.1) is 11.7 Å². The van der Waals surface area contributed by atoms with E-state index in [1.165, 1.54) is 0 Å². The fourth-order valence-electron chi connectivity index (χ4n) is 2.80. The van der Waals surface area contributed by atoms with Gasteiger partial charge in [-0.3, -0.25) is 4.79 Å². The Morgan fingerprint density at radius 3 is 2.65 bits per heavy atom. The summed E-state index contributed by atoms with van der Waals surface area (Å²) in [6.45, 7) is 3.70. The van der Waals surface area contributed by atoms with Crippen LogP contribution in [0.2, 0.25) is 0 Å². The summed E-state index contributed by atoms with van der Waals surface area (Å²) in [5.74, 6) is -0.186. The van der Waals surface area contributed by atoms with Crippen LogP contribution in [0.1, 0.15) is 31.7 Å². The molecule has 3 N–H and O–H groups in total. The molecule has 0 spiro atoms. The van der Waals surface area contributed by atoms with Gasteiger partial charge < -0.3 is 10.6 Å². The van der Waals surface area contributed by atoms with Gasteiger partial charge >= 0.3 is 0 Å². The molecule has 1 fully saturated rings. The molecule has 1 saturated heterocycles. The fraction of sp³-hybridized carbons (Fsp3) is 0.562. The first-order valence-electron chi connectivity index (χ1n) is 8.02. The topological polar surface area (TPSA) is 92.5 Å². The maximum Gasteiger partial charge on any atom is 0.222 e. The fourth-order valence-corrected chi connectivity index (χ4v) is 3.87. The van der Waals surface area contributed by atoms with E-state index in [-0.39, 0.29) is 17.6 Å². The summed E-state index contributed by atoms with van der Waals surface area (Å²) in [5, 5.41) is 0. The number of benzene rings is 1. The lowest BCUT2D eigenvalue weighted by Crippen LogP contribution is -2.41. The van der Waals surface area contributed by atoms with Gasteiger partial charge in [-0.25, -0.2) is 13.1 Å². The van der Waals surface area contributed by atoms with Crippen molar-refractivity contribution in [3.8, 4) is 0 Å². The highest BCUT2D eigenvalue weighted by molar-refractivity contribution is 7.89. The maximum absolute atomic E-state index is 11.7. The molecule has 128 valence electrons. The average molecular weight is 339 g/mol. The first-order chi connectivity index (χ1) is 10.9. The lowest BCUT2D eigenvalue weighted by atomic mass is 9.97. The van der Waals surface area contributed by atoms with E-state index in [0.29, 0.717) is 19.5 Å². The number of carbonyl (C=O) groups is 1. The first-order valence-corrected chi connectivity index (χ1v) is 9.67. The van der Waals surface area contributed by atoms with Gasteiger partial charge in [0, 0.05) is 25.3 Å². The number of nitrogens with one attached hydrogen (secondary N) is 1. The molecule has 0 saturated carbocycles. The second-order valence-electron chi connectivity index (χ2n) is 5.99. The molecule has 0 radical (unpaired) electrons. The predicted octanol–water partition coefficient (Wildman–Crippen LogP) is 1.22. The summed E-state index contributed by atoms with van der Waals surface area (Å²) < 4.78 is 25.9. The number of nitrogens with two attached hydrogens (primary N) is 1. The highest BCUT2D eigenvalue weighted by atomic mass is 32.2.